The lowest BCUT2D eigenvalue weighted by atomic mass is 10.1. The van der Waals surface area contributed by atoms with E-state index in [0.717, 1.165) is 46.6 Å². The summed E-state index contributed by atoms with van der Waals surface area (Å²) < 4.78 is 1.02. The van der Waals surface area contributed by atoms with Crippen LogP contribution >= 0.6 is 11.3 Å². The van der Waals surface area contributed by atoms with Crippen LogP contribution in [-0.4, -0.2) is 37.7 Å². The molecule has 33 heavy (non-hydrogen) atoms. The third kappa shape index (κ3) is 4.60. The van der Waals surface area contributed by atoms with E-state index < -0.39 is 0 Å². The van der Waals surface area contributed by atoms with E-state index in [1.165, 1.54) is 11.3 Å². The van der Waals surface area contributed by atoms with Gasteiger partial charge in [-0.1, -0.05) is 12.1 Å². The lowest BCUT2D eigenvalue weighted by Crippen LogP contribution is -2.22. The summed E-state index contributed by atoms with van der Waals surface area (Å²) >= 11 is 1.48. The molecule has 1 aromatic carbocycles. The second-order valence-electron chi connectivity index (χ2n) is 8.59. The Labute approximate surface area is 195 Å². The molecule has 5 rings (SSSR count). The average molecular weight is 463 g/mol. The molecule has 0 saturated heterocycles. The van der Waals surface area contributed by atoms with Crippen LogP contribution < -0.4 is 16.2 Å². The zero-order valence-electron chi connectivity index (χ0n) is 18.6. The van der Waals surface area contributed by atoms with Crippen molar-refractivity contribution in [1.29, 1.82) is 0 Å². The fourth-order valence-corrected chi connectivity index (χ4v) is 5.43. The van der Waals surface area contributed by atoms with E-state index in [0.29, 0.717) is 22.3 Å². The Morgan fingerprint density at radius 1 is 1.12 bits per heavy atom. The molecule has 170 valence electrons. The van der Waals surface area contributed by atoms with E-state index in [2.05, 4.69) is 20.6 Å². The minimum Gasteiger partial charge on any atom is -0.396 e. The first kappa shape index (κ1) is 21.5. The maximum Gasteiger partial charge on any atom is 0.264 e. The smallest absolute Gasteiger partial charge is 0.264 e. The van der Waals surface area contributed by atoms with Crippen molar-refractivity contribution < 1.29 is 5.11 Å². The lowest BCUT2D eigenvalue weighted by Gasteiger charge is -2.17. The standard InChI is InChI=1S/C24H26N6O2S/c1-13-9-17(10-14(2)25-13)27-24-29-21(26-16-8-7-15(11-16)12-31)20(22(32)30-24)23-28-18-5-3-4-6-19(18)33-23/h3-6,9-10,15-16,31H,7-8,11-12H2,1-2H3,(H3,25,26,27,29,30,32)/t15-,16?/m1/s1. The number of aromatic amines is 1. The Balaban J connectivity index is 1.56. The molecule has 0 spiro atoms. The number of hydrogen-bond acceptors (Lipinski definition) is 8. The molecule has 4 N–H and O–H groups in total. The molecule has 3 heterocycles. The van der Waals surface area contributed by atoms with Crippen LogP contribution in [0.15, 0.2) is 41.2 Å². The van der Waals surface area contributed by atoms with Gasteiger partial charge in [0.15, 0.2) is 0 Å². The van der Waals surface area contributed by atoms with Crippen molar-refractivity contribution in [3.8, 4) is 10.6 Å². The van der Waals surface area contributed by atoms with E-state index in [-0.39, 0.29) is 24.1 Å². The van der Waals surface area contributed by atoms with Gasteiger partial charge in [0.05, 0.1) is 10.2 Å². The Hall–Kier alpha value is -3.30. The average Bonchev–Trinajstić information content (AvgIpc) is 3.39. The molecule has 3 aromatic heterocycles. The van der Waals surface area contributed by atoms with Gasteiger partial charge in [-0.25, -0.2) is 4.98 Å². The van der Waals surface area contributed by atoms with E-state index >= 15 is 0 Å². The Morgan fingerprint density at radius 2 is 1.91 bits per heavy atom. The van der Waals surface area contributed by atoms with Crippen LogP contribution in [0.25, 0.3) is 20.8 Å². The van der Waals surface area contributed by atoms with E-state index in [4.69, 9.17) is 9.97 Å². The predicted octanol–water partition coefficient (Wildman–Crippen LogP) is 4.37. The molecule has 1 aliphatic carbocycles. The van der Waals surface area contributed by atoms with Gasteiger partial charge in [-0.15, -0.1) is 11.3 Å². The summed E-state index contributed by atoms with van der Waals surface area (Å²) in [5, 5.41) is 16.9. The lowest BCUT2D eigenvalue weighted by molar-refractivity contribution is 0.229. The topological polar surface area (TPSA) is 116 Å². The molecule has 0 aliphatic heterocycles. The highest BCUT2D eigenvalue weighted by molar-refractivity contribution is 7.21. The van der Waals surface area contributed by atoms with Crippen LogP contribution in [0, 0.1) is 19.8 Å². The summed E-state index contributed by atoms with van der Waals surface area (Å²) in [5.41, 5.74) is 3.61. The Bertz CT molecular complexity index is 1310. The molecule has 1 fully saturated rings. The molecule has 1 saturated carbocycles. The molecule has 1 unspecified atom stereocenters. The highest BCUT2D eigenvalue weighted by atomic mass is 32.1. The highest BCUT2D eigenvalue weighted by Gasteiger charge is 2.27. The van der Waals surface area contributed by atoms with Crippen molar-refractivity contribution in [2.75, 3.05) is 17.2 Å². The number of anilines is 3. The van der Waals surface area contributed by atoms with Crippen LogP contribution in [0.3, 0.4) is 0 Å². The summed E-state index contributed by atoms with van der Waals surface area (Å²) in [5.74, 6) is 1.14. The summed E-state index contributed by atoms with van der Waals surface area (Å²) in [7, 11) is 0. The number of pyridine rings is 1. The minimum atomic E-state index is -0.256. The number of aromatic nitrogens is 4. The zero-order chi connectivity index (χ0) is 22.9. The van der Waals surface area contributed by atoms with Crippen molar-refractivity contribution >= 4 is 39.0 Å². The number of H-pyrrole nitrogens is 1. The number of thiazole rings is 1. The van der Waals surface area contributed by atoms with Gasteiger partial charge in [0.25, 0.3) is 5.56 Å². The summed E-state index contributed by atoms with van der Waals surface area (Å²) in [4.78, 5) is 30.0. The fourth-order valence-electron chi connectivity index (χ4n) is 4.42. The first-order chi connectivity index (χ1) is 16.0. The normalized spacial score (nSPS) is 18.0. The number of hydrogen-bond donors (Lipinski definition) is 4. The number of fused-ring (bicyclic) bond motifs is 1. The SMILES string of the molecule is Cc1cc(Nc2nc(NC3CC[C@@H](CO)C3)c(-c3nc4ccccc4s3)c(=O)[nH]2)cc(C)n1. The summed E-state index contributed by atoms with van der Waals surface area (Å²) in [6.07, 6.45) is 2.72. The van der Waals surface area contributed by atoms with Gasteiger partial charge in [-0.05, 0) is 63.3 Å². The first-order valence-corrected chi connectivity index (χ1v) is 11.9. The number of para-hydroxylation sites is 1. The van der Waals surface area contributed by atoms with Gasteiger partial charge in [0, 0.05) is 29.7 Å². The van der Waals surface area contributed by atoms with Gasteiger partial charge < -0.3 is 15.7 Å². The van der Waals surface area contributed by atoms with Gasteiger partial charge >= 0.3 is 0 Å². The van der Waals surface area contributed by atoms with Crippen molar-refractivity contribution in [3.63, 3.8) is 0 Å². The molecule has 4 aromatic rings. The molecule has 2 atom stereocenters. The van der Waals surface area contributed by atoms with E-state index in [9.17, 15) is 9.90 Å². The summed E-state index contributed by atoms with van der Waals surface area (Å²) in [6, 6.07) is 11.8. The molecule has 8 nitrogen and oxygen atoms in total. The number of aliphatic hydroxyl groups excluding tert-OH is 1. The van der Waals surface area contributed by atoms with Gasteiger partial charge in [0.2, 0.25) is 5.95 Å². The molecule has 1 aliphatic rings. The predicted molar refractivity (Wildman–Crippen MR) is 132 cm³/mol. The van der Waals surface area contributed by atoms with Crippen molar-refractivity contribution in [2.24, 2.45) is 5.92 Å². The third-order valence-electron chi connectivity index (χ3n) is 5.91. The van der Waals surface area contributed by atoms with Gasteiger partial charge in [0.1, 0.15) is 16.4 Å². The molecule has 0 amide bonds. The van der Waals surface area contributed by atoms with Crippen LogP contribution in [0.2, 0.25) is 0 Å². The maximum atomic E-state index is 13.3. The highest BCUT2D eigenvalue weighted by Crippen LogP contribution is 2.34. The van der Waals surface area contributed by atoms with Crippen LogP contribution in [0.5, 0.6) is 0 Å². The van der Waals surface area contributed by atoms with E-state index in [1.54, 1.807) is 0 Å². The molecule has 0 radical (unpaired) electrons. The van der Waals surface area contributed by atoms with Gasteiger partial charge in [-0.2, -0.15) is 4.98 Å². The van der Waals surface area contributed by atoms with Crippen LogP contribution in [0.4, 0.5) is 17.5 Å². The van der Waals surface area contributed by atoms with Crippen molar-refractivity contribution in [3.05, 3.63) is 58.1 Å². The van der Waals surface area contributed by atoms with E-state index in [1.807, 2.05) is 50.2 Å². The number of rotatable bonds is 6. The number of nitrogens with one attached hydrogen (secondary N) is 3. The van der Waals surface area contributed by atoms with Crippen molar-refractivity contribution in [2.45, 2.75) is 39.2 Å². The largest absolute Gasteiger partial charge is 0.396 e. The Kier molecular flexibility index (Phi) is 5.82. The summed E-state index contributed by atoms with van der Waals surface area (Å²) in [6.45, 7) is 4.03. The van der Waals surface area contributed by atoms with Crippen LogP contribution in [-0.2, 0) is 0 Å². The van der Waals surface area contributed by atoms with Crippen molar-refractivity contribution in [1.82, 2.24) is 19.9 Å². The van der Waals surface area contributed by atoms with Gasteiger partial charge in [-0.3, -0.25) is 14.8 Å². The Morgan fingerprint density at radius 3 is 2.64 bits per heavy atom. The monoisotopic (exact) mass is 462 g/mol. The second-order valence-corrected chi connectivity index (χ2v) is 9.62. The zero-order valence-corrected chi connectivity index (χ0v) is 19.4. The first-order valence-electron chi connectivity index (χ1n) is 11.1. The molecule has 0 bridgehead atoms. The maximum absolute atomic E-state index is 13.3. The number of aryl methyl sites for hydroxylation is 2. The number of nitrogens with zero attached hydrogens (tertiary/aromatic N) is 3. The minimum absolute atomic E-state index is 0.142. The molecular weight excluding hydrogens is 436 g/mol. The third-order valence-corrected chi connectivity index (χ3v) is 6.97. The number of benzene rings is 1. The quantitative estimate of drug-likeness (QED) is 0.336. The second kappa shape index (κ2) is 8.92. The van der Waals surface area contributed by atoms with Crippen LogP contribution in [0.1, 0.15) is 30.7 Å². The molecular formula is C24H26N6O2S. The number of aliphatic hydroxyl groups is 1. The fraction of sp³-hybridized carbons (Fsp3) is 0.333. The molecule has 9 heteroatoms.